The standard InChI is InChI=1S/C13H22N2O4/c1-2-13(7-4-8-13)9-14-12(19)15-10(16)5-3-6-11(17)18/h2-9H2,1H3,(H,17,18)(H2,14,15,16,19). The van der Waals surface area contributed by atoms with Crippen molar-refractivity contribution in [2.24, 2.45) is 5.41 Å². The van der Waals surface area contributed by atoms with Crippen LogP contribution in [0.15, 0.2) is 0 Å². The van der Waals surface area contributed by atoms with E-state index < -0.39 is 17.9 Å². The number of carbonyl (C=O) groups is 3. The average molecular weight is 270 g/mol. The number of nitrogens with one attached hydrogen (secondary N) is 2. The Morgan fingerprint density at radius 2 is 1.89 bits per heavy atom. The maximum atomic E-state index is 11.5. The summed E-state index contributed by atoms with van der Waals surface area (Å²) in [4.78, 5) is 33.1. The highest BCUT2D eigenvalue weighted by Gasteiger charge is 2.35. The Bertz CT molecular complexity index is 345. The summed E-state index contributed by atoms with van der Waals surface area (Å²) in [5.41, 5.74) is 0.212. The zero-order valence-electron chi connectivity index (χ0n) is 11.3. The third-order valence-electron chi connectivity index (χ3n) is 3.84. The van der Waals surface area contributed by atoms with Crippen LogP contribution in [0.3, 0.4) is 0 Å². The summed E-state index contributed by atoms with van der Waals surface area (Å²) >= 11 is 0. The van der Waals surface area contributed by atoms with Crippen molar-refractivity contribution < 1.29 is 19.5 Å². The van der Waals surface area contributed by atoms with Crippen molar-refractivity contribution in [3.8, 4) is 0 Å². The number of rotatable bonds is 7. The third-order valence-corrected chi connectivity index (χ3v) is 3.84. The number of hydrogen-bond acceptors (Lipinski definition) is 3. The van der Waals surface area contributed by atoms with Gasteiger partial charge in [0.2, 0.25) is 5.91 Å². The zero-order chi connectivity index (χ0) is 14.3. The van der Waals surface area contributed by atoms with Crippen LogP contribution in [-0.4, -0.2) is 29.6 Å². The summed E-state index contributed by atoms with van der Waals surface area (Å²) in [5, 5.41) is 13.4. The molecule has 0 heterocycles. The number of carboxylic acids is 1. The minimum atomic E-state index is -0.938. The third kappa shape index (κ3) is 5.28. The maximum absolute atomic E-state index is 11.5. The van der Waals surface area contributed by atoms with Gasteiger partial charge in [-0.05, 0) is 31.1 Å². The minimum absolute atomic E-state index is 0.0542. The molecule has 1 rings (SSSR count). The molecule has 1 fully saturated rings. The molecule has 0 aromatic rings. The number of carbonyl (C=O) groups excluding carboxylic acids is 2. The van der Waals surface area contributed by atoms with E-state index in [2.05, 4.69) is 17.6 Å². The highest BCUT2D eigenvalue weighted by Crippen LogP contribution is 2.42. The molecule has 0 unspecified atom stereocenters. The number of aliphatic carboxylic acids is 1. The lowest BCUT2D eigenvalue weighted by molar-refractivity contribution is -0.137. The summed E-state index contributed by atoms with van der Waals surface area (Å²) in [6.45, 7) is 2.70. The molecule has 0 aromatic carbocycles. The fraction of sp³-hybridized carbons (Fsp3) is 0.769. The van der Waals surface area contributed by atoms with Gasteiger partial charge in [-0.2, -0.15) is 0 Å². The summed E-state index contributed by atoms with van der Waals surface area (Å²) in [6, 6.07) is -0.486. The van der Waals surface area contributed by atoms with Gasteiger partial charge in [0, 0.05) is 19.4 Å². The average Bonchev–Trinajstić information content (AvgIpc) is 2.27. The smallest absolute Gasteiger partial charge is 0.321 e. The van der Waals surface area contributed by atoms with E-state index in [9.17, 15) is 14.4 Å². The first kappa shape index (κ1) is 15.5. The van der Waals surface area contributed by atoms with Crippen LogP contribution in [0.4, 0.5) is 4.79 Å². The van der Waals surface area contributed by atoms with E-state index >= 15 is 0 Å². The molecule has 6 heteroatoms. The minimum Gasteiger partial charge on any atom is -0.481 e. The maximum Gasteiger partial charge on any atom is 0.321 e. The molecule has 0 saturated heterocycles. The van der Waals surface area contributed by atoms with E-state index in [1.54, 1.807) is 0 Å². The second-order valence-electron chi connectivity index (χ2n) is 5.19. The Balaban J connectivity index is 2.16. The molecule has 6 nitrogen and oxygen atoms in total. The second kappa shape index (κ2) is 7.11. The highest BCUT2D eigenvalue weighted by molar-refractivity contribution is 5.94. The molecular formula is C13H22N2O4. The Morgan fingerprint density at radius 1 is 1.21 bits per heavy atom. The topological polar surface area (TPSA) is 95.5 Å². The molecule has 0 radical (unpaired) electrons. The fourth-order valence-electron chi connectivity index (χ4n) is 2.23. The van der Waals surface area contributed by atoms with Crippen LogP contribution in [0.25, 0.3) is 0 Å². The van der Waals surface area contributed by atoms with Crippen LogP contribution in [0.2, 0.25) is 0 Å². The Morgan fingerprint density at radius 3 is 2.37 bits per heavy atom. The Kier molecular flexibility index (Phi) is 5.79. The molecule has 0 aliphatic heterocycles. The van der Waals surface area contributed by atoms with Crippen LogP contribution in [0, 0.1) is 5.41 Å². The number of hydrogen-bond donors (Lipinski definition) is 3. The first-order chi connectivity index (χ1) is 8.97. The molecule has 0 atom stereocenters. The van der Waals surface area contributed by atoms with E-state index in [0.29, 0.717) is 6.54 Å². The Labute approximate surface area is 112 Å². The van der Waals surface area contributed by atoms with Gasteiger partial charge in [0.1, 0.15) is 0 Å². The first-order valence-electron chi connectivity index (χ1n) is 6.77. The van der Waals surface area contributed by atoms with E-state index in [4.69, 9.17) is 5.11 Å². The Hall–Kier alpha value is -1.59. The van der Waals surface area contributed by atoms with Crippen LogP contribution >= 0.6 is 0 Å². The van der Waals surface area contributed by atoms with E-state index in [-0.39, 0.29) is 24.7 Å². The van der Waals surface area contributed by atoms with Crippen molar-refractivity contribution in [2.75, 3.05) is 6.54 Å². The van der Waals surface area contributed by atoms with E-state index in [0.717, 1.165) is 19.3 Å². The molecule has 108 valence electrons. The van der Waals surface area contributed by atoms with Gasteiger partial charge in [-0.15, -0.1) is 0 Å². The summed E-state index contributed by atoms with van der Waals surface area (Å²) < 4.78 is 0. The fourth-order valence-corrected chi connectivity index (χ4v) is 2.23. The van der Waals surface area contributed by atoms with E-state index in [1.165, 1.54) is 6.42 Å². The normalized spacial score (nSPS) is 16.3. The van der Waals surface area contributed by atoms with Gasteiger partial charge < -0.3 is 10.4 Å². The largest absolute Gasteiger partial charge is 0.481 e. The highest BCUT2D eigenvalue weighted by atomic mass is 16.4. The lowest BCUT2D eigenvalue weighted by Crippen LogP contribution is -2.46. The van der Waals surface area contributed by atoms with Crippen molar-refractivity contribution in [3.05, 3.63) is 0 Å². The van der Waals surface area contributed by atoms with Crippen LogP contribution in [-0.2, 0) is 9.59 Å². The predicted octanol–water partition coefficient (Wildman–Crippen LogP) is 1.65. The molecule has 1 saturated carbocycles. The molecule has 3 amide bonds. The van der Waals surface area contributed by atoms with Crippen molar-refractivity contribution in [2.45, 2.75) is 51.9 Å². The summed E-state index contributed by atoms with van der Waals surface area (Å²) in [7, 11) is 0. The molecule has 1 aliphatic rings. The van der Waals surface area contributed by atoms with Gasteiger partial charge in [-0.1, -0.05) is 13.3 Å². The van der Waals surface area contributed by atoms with Gasteiger partial charge in [0.15, 0.2) is 0 Å². The van der Waals surface area contributed by atoms with Gasteiger partial charge in [0.05, 0.1) is 0 Å². The lowest BCUT2D eigenvalue weighted by atomic mass is 9.67. The monoisotopic (exact) mass is 270 g/mol. The summed E-state index contributed by atoms with van der Waals surface area (Å²) in [6.07, 6.45) is 4.71. The molecule has 1 aliphatic carbocycles. The van der Waals surface area contributed by atoms with Crippen molar-refractivity contribution in [1.82, 2.24) is 10.6 Å². The van der Waals surface area contributed by atoms with Crippen LogP contribution in [0.5, 0.6) is 0 Å². The second-order valence-corrected chi connectivity index (χ2v) is 5.19. The lowest BCUT2D eigenvalue weighted by Gasteiger charge is -2.41. The first-order valence-corrected chi connectivity index (χ1v) is 6.77. The van der Waals surface area contributed by atoms with Gasteiger partial charge in [-0.25, -0.2) is 4.79 Å². The zero-order valence-corrected chi connectivity index (χ0v) is 11.3. The van der Waals surface area contributed by atoms with Crippen LogP contribution < -0.4 is 10.6 Å². The van der Waals surface area contributed by atoms with Gasteiger partial charge >= 0.3 is 12.0 Å². The molecule has 0 aromatic heterocycles. The molecular weight excluding hydrogens is 248 g/mol. The molecule has 19 heavy (non-hydrogen) atoms. The van der Waals surface area contributed by atoms with Gasteiger partial charge in [-0.3, -0.25) is 14.9 Å². The van der Waals surface area contributed by atoms with Crippen LogP contribution in [0.1, 0.15) is 51.9 Å². The van der Waals surface area contributed by atoms with E-state index in [1.807, 2.05) is 0 Å². The number of imide groups is 1. The number of carboxylic acid groups (broad SMARTS) is 1. The van der Waals surface area contributed by atoms with Crippen molar-refractivity contribution >= 4 is 17.9 Å². The number of amides is 3. The predicted molar refractivity (Wildman–Crippen MR) is 69.6 cm³/mol. The van der Waals surface area contributed by atoms with Crippen molar-refractivity contribution in [3.63, 3.8) is 0 Å². The SMILES string of the molecule is CCC1(CNC(=O)NC(=O)CCCC(=O)O)CCC1. The molecule has 0 bridgehead atoms. The quantitative estimate of drug-likeness (QED) is 0.655. The molecule has 0 spiro atoms. The van der Waals surface area contributed by atoms with Crippen molar-refractivity contribution in [1.29, 1.82) is 0 Å². The number of urea groups is 1. The summed E-state index contributed by atoms with van der Waals surface area (Å²) in [5.74, 6) is -1.37. The molecule has 3 N–H and O–H groups in total. The van der Waals surface area contributed by atoms with Gasteiger partial charge in [0.25, 0.3) is 0 Å².